The van der Waals surface area contributed by atoms with Gasteiger partial charge in [0.15, 0.2) is 0 Å². The lowest BCUT2D eigenvalue weighted by Gasteiger charge is -2.22. The predicted octanol–water partition coefficient (Wildman–Crippen LogP) is 1.72. The number of nitrogens with zero attached hydrogens (tertiary/aromatic N) is 1. The molecule has 1 saturated heterocycles. The summed E-state index contributed by atoms with van der Waals surface area (Å²) < 4.78 is 13.1. The molecular weight excluding hydrogens is 399 g/mol. The minimum Gasteiger partial charge on any atom is -0.337 e. The quantitative estimate of drug-likeness (QED) is 0.621. The molecule has 2 heterocycles. The van der Waals surface area contributed by atoms with Crippen LogP contribution >= 0.6 is 11.3 Å². The van der Waals surface area contributed by atoms with E-state index in [0.29, 0.717) is 18.5 Å². The lowest BCUT2D eigenvalue weighted by atomic mass is 9.92. The summed E-state index contributed by atoms with van der Waals surface area (Å²) in [6.45, 7) is 1.20. The molecule has 1 aromatic heterocycles. The third kappa shape index (κ3) is 4.60. The van der Waals surface area contributed by atoms with E-state index in [1.807, 2.05) is 17.5 Å². The maximum Gasteiger partial charge on any atom is 0.325 e. The highest BCUT2D eigenvalue weighted by Gasteiger charge is 2.49. The number of nitrogens with one attached hydrogen (secondary N) is 3. The summed E-state index contributed by atoms with van der Waals surface area (Å²) in [5.41, 5.74) is -1.04. The molecule has 3 rings (SSSR count). The molecule has 8 nitrogen and oxygen atoms in total. The molecule has 2 aromatic rings. The van der Waals surface area contributed by atoms with Gasteiger partial charge in [-0.25, -0.2) is 14.0 Å². The Morgan fingerprint density at radius 1 is 1.21 bits per heavy atom. The SMILES string of the molecule is CC1(c2ccc(F)cc2)NC(=O)N(CC(=O)NC(=O)NCCc2cccs2)C1=O. The van der Waals surface area contributed by atoms with E-state index in [0.717, 1.165) is 9.78 Å². The average Bonchev–Trinajstić information content (AvgIpc) is 3.25. The molecule has 1 aromatic carbocycles. The standard InChI is InChI=1S/C19H19FN4O4S/c1-19(12-4-6-13(20)7-5-12)16(26)24(18(28)23-19)11-15(25)22-17(27)21-9-8-14-3-2-10-29-14/h2-7,10H,8-9,11H2,1H3,(H,23,28)(H2,21,22,25,27). The first kappa shape index (κ1) is 20.5. The minimum atomic E-state index is -1.42. The Kier molecular flexibility index (Phi) is 5.92. The lowest BCUT2D eigenvalue weighted by molar-refractivity contribution is -0.134. The van der Waals surface area contributed by atoms with Gasteiger partial charge >= 0.3 is 12.1 Å². The number of carbonyl (C=O) groups is 4. The molecule has 0 spiro atoms. The number of carbonyl (C=O) groups excluding carboxylic acids is 4. The summed E-state index contributed by atoms with van der Waals surface area (Å²) in [5.74, 6) is -1.94. The van der Waals surface area contributed by atoms with Crippen molar-refractivity contribution in [1.82, 2.24) is 20.9 Å². The van der Waals surface area contributed by atoms with Crippen LogP contribution in [-0.2, 0) is 21.5 Å². The predicted molar refractivity (Wildman–Crippen MR) is 104 cm³/mol. The second kappa shape index (κ2) is 8.39. The third-order valence-electron chi connectivity index (χ3n) is 4.49. The zero-order chi connectivity index (χ0) is 21.0. The van der Waals surface area contributed by atoms with Crippen molar-refractivity contribution in [1.29, 1.82) is 0 Å². The maximum absolute atomic E-state index is 13.1. The second-order valence-corrected chi connectivity index (χ2v) is 7.62. The third-order valence-corrected chi connectivity index (χ3v) is 5.42. The van der Waals surface area contributed by atoms with E-state index in [1.165, 1.54) is 31.2 Å². The minimum absolute atomic E-state index is 0.339. The molecule has 3 N–H and O–H groups in total. The van der Waals surface area contributed by atoms with E-state index in [4.69, 9.17) is 0 Å². The van der Waals surface area contributed by atoms with Gasteiger partial charge < -0.3 is 10.6 Å². The Labute approximate surface area is 170 Å². The molecule has 152 valence electrons. The molecule has 1 aliphatic rings. The Balaban J connectivity index is 1.54. The Morgan fingerprint density at radius 3 is 2.59 bits per heavy atom. The summed E-state index contributed by atoms with van der Waals surface area (Å²) in [6, 6.07) is 7.49. The van der Waals surface area contributed by atoms with Gasteiger partial charge in [0.2, 0.25) is 5.91 Å². The summed E-state index contributed by atoms with van der Waals surface area (Å²) >= 11 is 1.56. The number of urea groups is 2. The van der Waals surface area contributed by atoms with Crippen molar-refractivity contribution < 1.29 is 23.6 Å². The van der Waals surface area contributed by atoms with Crippen LogP contribution in [0.2, 0.25) is 0 Å². The number of hydrogen-bond donors (Lipinski definition) is 3. The smallest absolute Gasteiger partial charge is 0.325 e. The highest BCUT2D eigenvalue weighted by molar-refractivity contribution is 7.09. The Hall–Kier alpha value is -3.27. The fourth-order valence-corrected chi connectivity index (χ4v) is 3.64. The first-order valence-electron chi connectivity index (χ1n) is 8.80. The second-order valence-electron chi connectivity index (χ2n) is 6.59. The van der Waals surface area contributed by atoms with E-state index in [1.54, 1.807) is 11.3 Å². The van der Waals surface area contributed by atoms with Gasteiger partial charge in [-0.05, 0) is 42.5 Å². The monoisotopic (exact) mass is 418 g/mol. The van der Waals surface area contributed by atoms with Gasteiger partial charge in [-0.2, -0.15) is 0 Å². The summed E-state index contributed by atoms with van der Waals surface area (Å²) in [5, 5.41) is 9.07. The molecule has 1 fully saturated rings. The van der Waals surface area contributed by atoms with Crippen molar-refractivity contribution in [3.8, 4) is 0 Å². The highest BCUT2D eigenvalue weighted by atomic mass is 32.1. The molecule has 0 aliphatic carbocycles. The molecule has 10 heteroatoms. The molecule has 6 amide bonds. The zero-order valence-corrected chi connectivity index (χ0v) is 16.3. The highest BCUT2D eigenvalue weighted by Crippen LogP contribution is 2.28. The Bertz CT molecular complexity index is 932. The first-order valence-corrected chi connectivity index (χ1v) is 9.68. The number of amides is 6. The molecule has 1 unspecified atom stereocenters. The van der Waals surface area contributed by atoms with Crippen LogP contribution in [0.5, 0.6) is 0 Å². The number of halogens is 1. The van der Waals surface area contributed by atoms with Crippen LogP contribution in [0.4, 0.5) is 14.0 Å². The number of benzene rings is 1. The number of rotatable bonds is 6. The molecule has 1 aliphatic heterocycles. The van der Waals surface area contributed by atoms with Gasteiger partial charge in [-0.3, -0.25) is 19.8 Å². The van der Waals surface area contributed by atoms with Crippen molar-refractivity contribution in [2.75, 3.05) is 13.1 Å². The first-order chi connectivity index (χ1) is 13.8. The summed E-state index contributed by atoms with van der Waals surface area (Å²) in [4.78, 5) is 50.6. The van der Waals surface area contributed by atoms with Crippen LogP contribution < -0.4 is 16.0 Å². The largest absolute Gasteiger partial charge is 0.337 e. The van der Waals surface area contributed by atoms with E-state index in [2.05, 4.69) is 16.0 Å². The van der Waals surface area contributed by atoms with Crippen LogP contribution in [0.1, 0.15) is 17.4 Å². The molecule has 0 bridgehead atoms. The van der Waals surface area contributed by atoms with E-state index >= 15 is 0 Å². The fourth-order valence-electron chi connectivity index (χ4n) is 2.93. The lowest BCUT2D eigenvalue weighted by Crippen LogP contribution is -2.47. The van der Waals surface area contributed by atoms with Crippen LogP contribution in [0, 0.1) is 5.82 Å². The molecule has 0 saturated carbocycles. The van der Waals surface area contributed by atoms with Crippen LogP contribution in [-0.4, -0.2) is 41.9 Å². The van der Waals surface area contributed by atoms with Gasteiger partial charge in [0.1, 0.15) is 17.9 Å². The molecular formula is C19H19FN4O4S. The van der Waals surface area contributed by atoms with E-state index in [-0.39, 0.29) is 0 Å². The van der Waals surface area contributed by atoms with Gasteiger partial charge in [0.25, 0.3) is 5.91 Å². The van der Waals surface area contributed by atoms with Gasteiger partial charge in [0.05, 0.1) is 0 Å². The van der Waals surface area contributed by atoms with Crippen molar-refractivity contribution in [3.63, 3.8) is 0 Å². The van der Waals surface area contributed by atoms with E-state index in [9.17, 15) is 23.6 Å². The average molecular weight is 418 g/mol. The molecule has 0 radical (unpaired) electrons. The topological polar surface area (TPSA) is 108 Å². The van der Waals surface area contributed by atoms with Gasteiger partial charge in [-0.15, -0.1) is 11.3 Å². The van der Waals surface area contributed by atoms with Crippen LogP contribution in [0.3, 0.4) is 0 Å². The van der Waals surface area contributed by atoms with Crippen LogP contribution in [0.25, 0.3) is 0 Å². The van der Waals surface area contributed by atoms with Crippen molar-refractivity contribution in [2.45, 2.75) is 18.9 Å². The molecule has 1 atom stereocenters. The summed E-state index contributed by atoms with van der Waals surface area (Å²) in [7, 11) is 0. The fraction of sp³-hybridized carbons (Fsp3) is 0.263. The van der Waals surface area contributed by atoms with Gasteiger partial charge in [0, 0.05) is 11.4 Å². The van der Waals surface area contributed by atoms with E-state index < -0.39 is 41.8 Å². The number of hydrogen-bond acceptors (Lipinski definition) is 5. The molecule has 29 heavy (non-hydrogen) atoms. The van der Waals surface area contributed by atoms with Crippen molar-refractivity contribution in [2.24, 2.45) is 0 Å². The number of imide groups is 2. The zero-order valence-electron chi connectivity index (χ0n) is 15.5. The number of thiophene rings is 1. The van der Waals surface area contributed by atoms with Crippen molar-refractivity contribution in [3.05, 3.63) is 58.0 Å². The van der Waals surface area contributed by atoms with Crippen molar-refractivity contribution >= 4 is 35.2 Å². The van der Waals surface area contributed by atoms with Crippen LogP contribution in [0.15, 0.2) is 41.8 Å². The normalized spacial score (nSPS) is 18.5. The maximum atomic E-state index is 13.1. The summed E-state index contributed by atoms with van der Waals surface area (Å²) in [6.07, 6.45) is 0.627. The Morgan fingerprint density at radius 2 is 1.93 bits per heavy atom. The van der Waals surface area contributed by atoms with Gasteiger partial charge in [-0.1, -0.05) is 18.2 Å².